The summed E-state index contributed by atoms with van der Waals surface area (Å²) < 4.78 is 6.24. The molecule has 3 aromatic rings. The fourth-order valence-electron chi connectivity index (χ4n) is 2.81. The highest BCUT2D eigenvalue weighted by Crippen LogP contribution is 2.30. The molecule has 0 saturated heterocycles. The van der Waals surface area contributed by atoms with Crippen molar-refractivity contribution in [3.05, 3.63) is 57.1 Å². The summed E-state index contributed by atoms with van der Waals surface area (Å²) in [5.41, 5.74) is 2.88. The van der Waals surface area contributed by atoms with Gasteiger partial charge in [0.1, 0.15) is 0 Å². The number of nitro groups is 1. The van der Waals surface area contributed by atoms with E-state index in [2.05, 4.69) is 15.6 Å². The number of nitrogens with zero attached hydrogens (tertiary/aromatic N) is 2. The molecule has 10 heteroatoms. The van der Waals surface area contributed by atoms with E-state index >= 15 is 0 Å². The molecular formula is C19H18N4O4S2. The first-order chi connectivity index (χ1) is 13.8. The number of nitrogens with one attached hydrogen (secondary N) is 2. The summed E-state index contributed by atoms with van der Waals surface area (Å²) in [6.45, 7) is 6.00. The highest BCUT2D eigenvalue weighted by Gasteiger charge is 2.19. The number of thiocarbonyl (C=S) groups is 1. The maximum atomic E-state index is 12.4. The molecule has 1 heterocycles. The Morgan fingerprint density at radius 2 is 2.07 bits per heavy atom. The molecule has 1 amide bonds. The Hall–Kier alpha value is -3.11. The minimum atomic E-state index is -0.593. The molecule has 0 unspecified atom stereocenters. The summed E-state index contributed by atoms with van der Waals surface area (Å²) in [4.78, 5) is 27.6. The molecule has 3 rings (SSSR count). The summed E-state index contributed by atoms with van der Waals surface area (Å²) >= 11 is 6.62. The number of thiazole rings is 1. The Kier molecular flexibility index (Phi) is 6.04. The number of hydrogen-bond donors (Lipinski definition) is 2. The van der Waals surface area contributed by atoms with Gasteiger partial charge in [-0.1, -0.05) is 17.4 Å². The molecule has 0 spiro atoms. The first kappa shape index (κ1) is 20.6. The summed E-state index contributed by atoms with van der Waals surface area (Å²) in [7, 11) is 0. The molecule has 150 valence electrons. The third kappa shape index (κ3) is 4.66. The van der Waals surface area contributed by atoms with Crippen LogP contribution in [-0.4, -0.2) is 27.5 Å². The number of carbonyl (C=O) groups excluding carboxylic acids is 1. The average molecular weight is 431 g/mol. The van der Waals surface area contributed by atoms with Gasteiger partial charge in [-0.05, 0) is 62.3 Å². The van der Waals surface area contributed by atoms with Crippen LogP contribution in [-0.2, 0) is 0 Å². The Balaban J connectivity index is 1.74. The zero-order chi connectivity index (χ0) is 21.1. The molecule has 0 aliphatic carbocycles. The van der Waals surface area contributed by atoms with E-state index in [1.54, 1.807) is 6.92 Å². The first-order valence-electron chi connectivity index (χ1n) is 8.70. The highest BCUT2D eigenvalue weighted by molar-refractivity contribution is 7.80. The van der Waals surface area contributed by atoms with E-state index in [0.717, 1.165) is 27.4 Å². The molecule has 2 N–H and O–H groups in total. The van der Waals surface area contributed by atoms with Crippen LogP contribution in [0, 0.1) is 24.0 Å². The minimum absolute atomic E-state index is 0.0555. The van der Waals surface area contributed by atoms with Crippen molar-refractivity contribution >= 4 is 55.6 Å². The van der Waals surface area contributed by atoms with E-state index in [1.165, 1.54) is 23.5 Å². The van der Waals surface area contributed by atoms with Gasteiger partial charge in [0.05, 0.1) is 21.7 Å². The predicted molar refractivity (Wildman–Crippen MR) is 117 cm³/mol. The van der Waals surface area contributed by atoms with Crippen molar-refractivity contribution in [2.24, 2.45) is 0 Å². The van der Waals surface area contributed by atoms with Crippen LogP contribution in [0.4, 0.5) is 10.8 Å². The molecule has 1 aromatic heterocycles. The van der Waals surface area contributed by atoms with Gasteiger partial charge >= 0.3 is 5.69 Å². The molecule has 0 atom stereocenters. The maximum absolute atomic E-state index is 12.4. The van der Waals surface area contributed by atoms with E-state index in [-0.39, 0.29) is 28.7 Å². The second-order valence-corrected chi connectivity index (χ2v) is 7.67. The molecule has 2 aromatic carbocycles. The quantitative estimate of drug-likeness (QED) is 0.352. The van der Waals surface area contributed by atoms with E-state index in [1.807, 2.05) is 26.0 Å². The van der Waals surface area contributed by atoms with Crippen LogP contribution in [0.15, 0.2) is 30.3 Å². The Morgan fingerprint density at radius 3 is 2.76 bits per heavy atom. The molecule has 0 bridgehead atoms. The number of ether oxygens (including phenoxy) is 1. The van der Waals surface area contributed by atoms with Crippen molar-refractivity contribution in [1.82, 2.24) is 10.3 Å². The van der Waals surface area contributed by atoms with Gasteiger partial charge < -0.3 is 10.1 Å². The third-order valence-corrected chi connectivity index (χ3v) is 5.12. The molecule has 0 fully saturated rings. The van der Waals surface area contributed by atoms with Crippen LogP contribution in [0.5, 0.6) is 5.75 Å². The van der Waals surface area contributed by atoms with Gasteiger partial charge in [-0.15, -0.1) is 0 Å². The lowest BCUT2D eigenvalue weighted by Gasteiger charge is -2.08. The van der Waals surface area contributed by atoms with Crippen LogP contribution in [0.3, 0.4) is 0 Å². The number of rotatable bonds is 5. The van der Waals surface area contributed by atoms with Crippen LogP contribution in [0.2, 0.25) is 0 Å². The molecule has 0 aliphatic rings. The van der Waals surface area contributed by atoms with Crippen LogP contribution < -0.4 is 15.4 Å². The summed E-state index contributed by atoms with van der Waals surface area (Å²) in [5, 5.41) is 17.2. The van der Waals surface area contributed by atoms with Gasteiger partial charge in [-0.25, -0.2) is 4.98 Å². The number of aryl methyl sites for hydroxylation is 2. The lowest BCUT2D eigenvalue weighted by Crippen LogP contribution is -2.34. The monoisotopic (exact) mass is 430 g/mol. The lowest BCUT2D eigenvalue weighted by atomic mass is 10.1. The molecule has 29 heavy (non-hydrogen) atoms. The van der Waals surface area contributed by atoms with E-state index < -0.39 is 10.8 Å². The smallest absolute Gasteiger partial charge is 0.311 e. The van der Waals surface area contributed by atoms with Crippen molar-refractivity contribution in [2.75, 3.05) is 11.9 Å². The van der Waals surface area contributed by atoms with Gasteiger partial charge in [0.2, 0.25) is 0 Å². The molecular weight excluding hydrogens is 412 g/mol. The standard InChI is InChI=1S/C19H18N4O4S2/c1-4-27-14-6-5-12(9-13(14)23(25)26)17(24)21-18(28)22-19-20-16-11(3)7-10(2)8-15(16)29-19/h5-9H,4H2,1-3H3,(H2,20,21,22,24,28). The van der Waals surface area contributed by atoms with Crippen molar-refractivity contribution in [2.45, 2.75) is 20.8 Å². The van der Waals surface area contributed by atoms with Crippen molar-refractivity contribution in [1.29, 1.82) is 0 Å². The largest absolute Gasteiger partial charge is 0.487 e. The Labute approximate surface area is 176 Å². The number of anilines is 1. The number of nitro benzene ring substituents is 1. The summed E-state index contributed by atoms with van der Waals surface area (Å²) in [5.74, 6) is -0.461. The van der Waals surface area contributed by atoms with Crippen LogP contribution in [0.1, 0.15) is 28.4 Å². The van der Waals surface area contributed by atoms with Gasteiger partial charge in [0.25, 0.3) is 5.91 Å². The maximum Gasteiger partial charge on any atom is 0.311 e. The fraction of sp³-hybridized carbons (Fsp3) is 0.211. The van der Waals surface area contributed by atoms with E-state index in [9.17, 15) is 14.9 Å². The average Bonchev–Trinajstić information content (AvgIpc) is 3.04. The topological polar surface area (TPSA) is 106 Å². The Bertz CT molecular complexity index is 1130. The van der Waals surface area contributed by atoms with Gasteiger partial charge in [0.15, 0.2) is 16.0 Å². The number of aromatic nitrogens is 1. The van der Waals surface area contributed by atoms with Crippen LogP contribution in [0.25, 0.3) is 10.2 Å². The molecule has 0 radical (unpaired) electrons. The summed E-state index contributed by atoms with van der Waals surface area (Å²) in [6, 6.07) is 8.08. The van der Waals surface area contributed by atoms with Gasteiger partial charge in [-0.2, -0.15) is 0 Å². The van der Waals surface area contributed by atoms with E-state index in [0.29, 0.717) is 5.13 Å². The Morgan fingerprint density at radius 1 is 1.31 bits per heavy atom. The van der Waals surface area contributed by atoms with Crippen molar-refractivity contribution in [3.8, 4) is 5.75 Å². The molecule has 0 aliphatic heterocycles. The molecule has 0 saturated carbocycles. The number of hydrogen-bond acceptors (Lipinski definition) is 7. The number of carbonyl (C=O) groups is 1. The van der Waals surface area contributed by atoms with Crippen molar-refractivity contribution < 1.29 is 14.5 Å². The van der Waals surface area contributed by atoms with Gasteiger partial charge in [0, 0.05) is 11.6 Å². The number of fused-ring (bicyclic) bond motifs is 1. The van der Waals surface area contributed by atoms with Crippen molar-refractivity contribution in [3.63, 3.8) is 0 Å². The SMILES string of the molecule is CCOc1ccc(C(=O)NC(=S)Nc2nc3c(C)cc(C)cc3s2)cc1[N+](=O)[O-]. The third-order valence-electron chi connectivity index (χ3n) is 4.00. The highest BCUT2D eigenvalue weighted by atomic mass is 32.1. The minimum Gasteiger partial charge on any atom is -0.487 e. The van der Waals surface area contributed by atoms with E-state index in [4.69, 9.17) is 17.0 Å². The first-order valence-corrected chi connectivity index (χ1v) is 9.92. The van der Waals surface area contributed by atoms with Crippen LogP contribution >= 0.6 is 23.6 Å². The zero-order valence-electron chi connectivity index (χ0n) is 15.9. The second-order valence-electron chi connectivity index (χ2n) is 6.23. The normalized spacial score (nSPS) is 10.6. The lowest BCUT2D eigenvalue weighted by molar-refractivity contribution is -0.385. The second kappa shape index (κ2) is 8.50. The predicted octanol–water partition coefficient (Wildman–Crippen LogP) is 4.35. The molecule has 8 nitrogen and oxygen atoms in total. The number of benzene rings is 2. The fourth-order valence-corrected chi connectivity index (χ4v) is 4.11. The summed E-state index contributed by atoms with van der Waals surface area (Å²) in [6.07, 6.45) is 0. The zero-order valence-corrected chi connectivity index (χ0v) is 17.6. The number of amides is 1. The van der Waals surface area contributed by atoms with Gasteiger partial charge in [-0.3, -0.25) is 20.2 Å².